The van der Waals surface area contributed by atoms with Gasteiger partial charge in [0.2, 0.25) is 11.6 Å². The van der Waals surface area contributed by atoms with E-state index in [9.17, 15) is 19.8 Å². The topological polar surface area (TPSA) is 91.0 Å². The van der Waals surface area contributed by atoms with Crippen LogP contribution < -0.4 is 0 Å². The van der Waals surface area contributed by atoms with Crippen LogP contribution in [0.25, 0.3) is 22.1 Å². The molecule has 1 heterocycles. The van der Waals surface area contributed by atoms with E-state index in [-0.39, 0.29) is 18.8 Å². The smallest absolute Gasteiger partial charge is 0.237 e. The number of hydrogen-bond acceptors (Lipinski definition) is 6. The van der Waals surface area contributed by atoms with Crippen LogP contribution in [0.15, 0.2) is 41.0 Å². The van der Waals surface area contributed by atoms with Gasteiger partial charge in [-0.05, 0) is 29.3 Å². The first-order valence-electron chi connectivity index (χ1n) is 9.23. The summed E-state index contributed by atoms with van der Waals surface area (Å²) in [5.41, 5.74) is 2.92. The largest absolute Gasteiger partial charge is 0.463 e. The number of aliphatic hydroxyl groups is 2. The van der Waals surface area contributed by atoms with Gasteiger partial charge in [0.15, 0.2) is 0 Å². The molecule has 6 nitrogen and oxygen atoms in total. The summed E-state index contributed by atoms with van der Waals surface area (Å²) in [6, 6.07) is 9.48. The first kappa shape index (κ1) is 18.6. The van der Waals surface area contributed by atoms with Gasteiger partial charge in [-0.1, -0.05) is 24.3 Å². The number of hydrogen-bond donors (Lipinski definition) is 2. The molecule has 0 spiro atoms. The second-order valence-corrected chi connectivity index (χ2v) is 7.00. The summed E-state index contributed by atoms with van der Waals surface area (Å²) in [7, 11) is 0. The molecule has 3 aromatic rings. The fourth-order valence-corrected chi connectivity index (χ4v) is 3.93. The zero-order valence-electron chi connectivity index (χ0n) is 15.6. The minimum atomic E-state index is -0.576. The van der Waals surface area contributed by atoms with Crippen LogP contribution in [0.3, 0.4) is 0 Å². The third-order valence-electron chi connectivity index (χ3n) is 5.28. The summed E-state index contributed by atoms with van der Waals surface area (Å²) in [5, 5.41) is 20.1. The Bertz CT molecular complexity index is 1080. The summed E-state index contributed by atoms with van der Waals surface area (Å²) in [5.74, 6) is -0.698. The van der Waals surface area contributed by atoms with Crippen molar-refractivity contribution in [3.63, 3.8) is 0 Å². The van der Waals surface area contributed by atoms with Crippen LogP contribution in [0.5, 0.6) is 0 Å². The summed E-state index contributed by atoms with van der Waals surface area (Å²) in [6.45, 7) is 2.84. The van der Waals surface area contributed by atoms with Gasteiger partial charge in [0.05, 0.1) is 25.0 Å². The van der Waals surface area contributed by atoms with E-state index in [1.165, 1.54) is 6.26 Å². The number of aryl methyl sites for hydroxylation is 1. The maximum Gasteiger partial charge on any atom is 0.237 e. The van der Waals surface area contributed by atoms with Gasteiger partial charge in [-0.2, -0.15) is 0 Å². The Hall–Kier alpha value is -2.80. The van der Waals surface area contributed by atoms with Crippen molar-refractivity contribution in [1.82, 2.24) is 4.90 Å². The van der Waals surface area contributed by atoms with Crippen molar-refractivity contribution < 1.29 is 24.2 Å². The monoisotopic (exact) mass is 379 g/mol. The maximum absolute atomic E-state index is 13.0. The Balaban J connectivity index is 1.85. The van der Waals surface area contributed by atoms with Crippen LogP contribution in [0.2, 0.25) is 0 Å². The Kier molecular flexibility index (Phi) is 4.85. The summed E-state index contributed by atoms with van der Waals surface area (Å²) in [4.78, 5) is 27.8. The number of nitrogens with zero attached hydrogens (tertiary/aromatic N) is 1. The Morgan fingerprint density at radius 3 is 2.36 bits per heavy atom. The highest BCUT2D eigenvalue weighted by Crippen LogP contribution is 2.40. The molecule has 0 saturated carbocycles. The number of fused-ring (bicyclic) bond motifs is 5. The molecule has 28 heavy (non-hydrogen) atoms. The van der Waals surface area contributed by atoms with Crippen molar-refractivity contribution in [3.8, 4) is 11.3 Å². The van der Waals surface area contributed by atoms with Gasteiger partial charge in [-0.15, -0.1) is 0 Å². The van der Waals surface area contributed by atoms with Crippen LogP contribution in [0, 0.1) is 6.92 Å². The minimum Gasteiger partial charge on any atom is -0.463 e. The second kappa shape index (κ2) is 7.31. The average Bonchev–Trinajstić information content (AvgIpc) is 3.10. The number of furan rings is 1. The van der Waals surface area contributed by atoms with E-state index < -0.39 is 11.6 Å². The quantitative estimate of drug-likeness (QED) is 0.640. The lowest BCUT2D eigenvalue weighted by atomic mass is 9.83. The van der Waals surface area contributed by atoms with E-state index in [1.807, 2.05) is 42.2 Å². The Labute approximate surface area is 162 Å². The van der Waals surface area contributed by atoms with Gasteiger partial charge in [0.1, 0.15) is 5.76 Å². The first-order chi connectivity index (χ1) is 13.6. The van der Waals surface area contributed by atoms with E-state index in [0.29, 0.717) is 42.1 Å². The molecule has 0 bridgehead atoms. The molecule has 1 aromatic heterocycles. The molecule has 0 radical (unpaired) electrons. The van der Waals surface area contributed by atoms with Crippen molar-refractivity contribution in [2.45, 2.75) is 13.5 Å². The second-order valence-electron chi connectivity index (χ2n) is 7.00. The molecule has 6 heteroatoms. The Morgan fingerprint density at radius 2 is 1.64 bits per heavy atom. The summed E-state index contributed by atoms with van der Waals surface area (Å²) in [6.07, 6.45) is 1.49. The molecule has 2 aromatic carbocycles. The zero-order chi connectivity index (χ0) is 19.8. The van der Waals surface area contributed by atoms with Crippen LogP contribution in [-0.4, -0.2) is 53.0 Å². The van der Waals surface area contributed by atoms with Crippen molar-refractivity contribution in [2.75, 3.05) is 26.3 Å². The zero-order valence-corrected chi connectivity index (χ0v) is 15.6. The number of ketones is 2. The highest BCUT2D eigenvalue weighted by Gasteiger charge is 2.36. The average molecular weight is 379 g/mol. The van der Waals surface area contributed by atoms with Crippen molar-refractivity contribution >= 4 is 22.3 Å². The number of Topliss-reactive ketones (excluding diaryl/α,β-unsaturated/α-hetero) is 2. The standard InChI is InChI=1S/C22H21NO5/c1-13-3-2-4-16-15(13)5-6-17-19(16)21(27)20(26)18-14(12-28-22(17)18)11-23(7-9-24)8-10-25/h2-6,12,24-25H,7-11H2,1H3. The lowest BCUT2D eigenvalue weighted by molar-refractivity contribution is 0.0814. The fraction of sp³-hybridized carbons (Fsp3) is 0.273. The molecule has 1 aliphatic carbocycles. The minimum absolute atomic E-state index is 0.0684. The molecule has 0 unspecified atom stereocenters. The van der Waals surface area contributed by atoms with Crippen LogP contribution in [0.1, 0.15) is 31.8 Å². The molecule has 0 fully saturated rings. The predicted molar refractivity (Wildman–Crippen MR) is 104 cm³/mol. The summed E-state index contributed by atoms with van der Waals surface area (Å²) < 4.78 is 5.74. The van der Waals surface area contributed by atoms with Crippen molar-refractivity contribution in [3.05, 3.63) is 58.8 Å². The van der Waals surface area contributed by atoms with Crippen molar-refractivity contribution in [2.24, 2.45) is 0 Å². The number of rotatable bonds is 6. The SMILES string of the molecule is Cc1cccc2c3c(ccc12)-c1occ(CN(CCO)CCO)c1C(=O)C3=O. The normalized spacial score (nSPS) is 13.3. The van der Waals surface area contributed by atoms with Gasteiger partial charge >= 0.3 is 0 Å². The molecule has 4 rings (SSSR count). The highest BCUT2D eigenvalue weighted by molar-refractivity contribution is 6.54. The van der Waals surface area contributed by atoms with E-state index in [2.05, 4.69) is 0 Å². The summed E-state index contributed by atoms with van der Waals surface area (Å²) >= 11 is 0. The van der Waals surface area contributed by atoms with Gasteiger partial charge in [0, 0.05) is 36.3 Å². The molecule has 0 amide bonds. The fourth-order valence-electron chi connectivity index (χ4n) is 3.93. The first-order valence-corrected chi connectivity index (χ1v) is 9.23. The Morgan fingerprint density at radius 1 is 0.929 bits per heavy atom. The number of aliphatic hydroxyl groups excluding tert-OH is 2. The molecule has 2 N–H and O–H groups in total. The number of carbonyl (C=O) groups is 2. The third kappa shape index (κ3) is 2.86. The molecule has 1 aliphatic rings. The van der Waals surface area contributed by atoms with Gasteiger partial charge in [0.25, 0.3) is 0 Å². The van der Waals surface area contributed by atoms with E-state index >= 15 is 0 Å². The van der Waals surface area contributed by atoms with Crippen LogP contribution in [-0.2, 0) is 6.54 Å². The lowest BCUT2D eigenvalue weighted by Crippen LogP contribution is -2.30. The lowest BCUT2D eigenvalue weighted by Gasteiger charge is -2.21. The van der Waals surface area contributed by atoms with Gasteiger partial charge in [-0.25, -0.2) is 0 Å². The maximum atomic E-state index is 13.0. The molecule has 0 aliphatic heterocycles. The molecule has 0 atom stereocenters. The predicted octanol–water partition coefficient (Wildman–Crippen LogP) is 2.57. The van der Waals surface area contributed by atoms with Gasteiger partial charge < -0.3 is 14.6 Å². The van der Waals surface area contributed by atoms with Crippen LogP contribution in [0.4, 0.5) is 0 Å². The van der Waals surface area contributed by atoms with Crippen molar-refractivity contribution in [1.29, 1.82) is 0 Å². The molecular formula is C22H21NO5. The highest BCUT2D eigenvalue weighted by atomic mass is 16.3. The molecule has 144 valence electrons. The molecular weight excluding hydrogens is 358 g/mol. The molecule has 0 saturated heterocycles. The number of benzene rings is 2. The van der Waals surface area contributed by atoms with E-state index in [4.69, 9.17) is 4.42 Å². The van der Waals surface area contributed by atoms with E-state index in [0.717, 1.165) is 16.3 Å². The van der Waals surface area contributed by atoms with Gasteiger partial charge in [-0.3, -0.25) is 14.5 Å². The van der Waals surface area contributed by atoms with E-state index in [1.54, 1.807) is 0 Å². The van der Waals surface area contributed by atoms with Crippen LogP contribution >= 0.6 is 0 Å². The number of carbonyl (C=O) groups excluding carboxylic acids is 2. The third-order valence-corrected chi connectivity index (χ3v) is 5.28.